The molecule has 1 aliphatic rings. The van der Waals surface area contributed by atoms with Crippen LogP contribution in [0.25, 0.3) is 0 Å². The lowest BCUT2D eigenvalue weighted by Gasteiger charge is -2.31. The highest BCUT2D eigenvalue weighted by atomic mass is 19.4. The molecular weight excluding hydrogens is 267 g/mol. The number of hydrogen-bond acceptors (Lipinski definition) is 5. The standard InChI is InChI=1S/C10H10F3N3O3/c11-10(12,13)7-1-2-8(15-14-7)16-3-4-19-6(5-16)9(17)18/h1-2,6H,3-5H2,(H,17,18). The molecule has 1 unspecified atom stereocenters. The molecule has 0 saturated carbocycles. The van der Waals surface area contributed by atoms with Crippen LogP contribution in [-0.2, 0) is 15.7 Å². The van der Waals surface area contributed by atoms with Crippen molar-refractivity contribution in [3.8, 4) is 0 Å². The number of alkyl halides is 3. The molecule has 1 atom stereocenters. The summed E-state index contributed by atoms with van der Waals surface area (Å²) < 4.78 is 41.9. The molecule has 1 aromatic heterocycles. The number of carboxylic acid groups (broad SMARTS) is 1. The second-order valence-corrected chi connectivity index (χ2v) is 3.92. The van der Waals surface area contributed by atoms with Crippen LogP contribution in [0, 0.1) is 0 Å². The van der Waals surface area contributed by atoms with Crippen LogP contribution in [0.15, 0.2) is 12.1 Å². The summed E-state index contributed by atoms with van der Waals surface area (Å²) in [6.07, 6.45) is -5.56. The normalized spacial score (nSPS) is 20.4. The van der Waals surface area contributed by atoms with Crippen molar-refractivity contribution in [3.05, 3.63) is 17.8 Å². The highest BCUT2D eigenvalue weighted by Gasteiger charge is 2.33. The average Bonchev–Trinajstić information content (AvgIpc) is 2.38. The molecule has 0 aliphatic carbocycles. The van der Waals surface area contributed by atoms with Crippen LogP contribution < -0.4 is 4.90 Å². The van der Waals surface area contributed by atoms with Crippen molar-refractivity contribution in [3.63, 3.8) is 0 Å². The largest absolute Gasteiger partial charge is 0.479 e. The van der Waals surface area contributed by atoms with Gasteiger partial charge in [0.1, 0.15) is 0 Å². The van der Waals surface area contributed by atoms with E-state index in [4.69, 9.17) is 9.84 Å². The minimum atomic E-state index is -4.54. The number of aliphatic carboxylic acids is 1. The van der Waals surface area contributed by atoms with E-state index in [1.165, 1.54) is 11.0 Å². The van der Waals surface area contributed by atoms with E-state index >= 15 is 0 Å². The summed E-state index contributed by atoms with van der Waals surface area (Å²) in [6, 6.07) is 1.98. The van der Waals surface area contributed by atoms with Gasteiger partial charge in [-0.05, 0) is 12.1 Å². The van der Waals surface area contributed by atoms with Gasteiger partial charge in [0.25, 0.3) is 0 Å². The molecule has 9 heteroatoms. The van der Waals surface area contributed by atoms with Gasteiger partial charge in [-0.1, -0.05) is 0 Å². The first-order valence-electron chi connectivity index (χ1n) is 5.38. The minimum Gasteiger partial charge on any atom is -0.479 e. The van der Waals surface area contributed by atoms with Crippen molar-refractivity contribution in [1.29, 1.82) is 0 Å². The number of halogens is 3. The Labute approximate surface area is 105 Å². The molecule has 1 saturated heterocycles. The van der Waals surface area contributed by atoms with Crippen LogP contribution in [0.5, 0.6) is 0 Å². The van der Waals surface area contributed by atoms with Crippen molar-refractivity contribution in [1.82, 2.24) is 10.2 Å². The topological polar surface area (TPSA) is 75.5 Å². The van der Waals surface area contributed by atoms with Crippen LogP contribution in [0.4, 0.5) is 19.0 Å². The van der Waals surface area contributed by atoms with E-state index in [2.05, 4.69) is 10.2 Å². The Morgan fingerprint density at radius 1 is 1.42 bits per heavy atom. The zero-order valence-corrected chi connectivity index (χ0v) is 9.59. The van der Waals surface area contributed by atoms with Crippen LogP contribution in [0.1, 0.15) is 5.69 Å². The lowest BCUT2D eigenvalue weighted by Crippen LogP contribution is -2.46. The number of hydrogen-bond donors (Lipinski definition) is 1. The van der Waals surface area contributed by atoms with Gasteiger partial charge in [-0.25, -0.2) is 4.79 Å². The lowest BCUT2D eigenvalue weighted by atomic mass is 10.2. The van der Waals surface area contributed by atoms with Crippen molar-refractivity contribution >= 4 is 11.8 Å². The van der Waals surface area contributed by atoms with Gasteiger partial charge in [-0.15, -0.1) is 10.2 Å². The van der Waals surface area contributed by atoms with Gasteiger partial charge >= 0.3 is 12.1 Å². The number of aromatic nitrogens is 2. The van der Waals surface area contributed by atoms with E-state index in [9.17, 15) is 18.0 Å². The quantitative estimate of drug-likeness (QED) is 0.861. The first-order valence-corrected chi connectivity index (χ1v) is 5.38. The van der Waals surface area contributed by atoms with Crippen LogP contribution in [-0.4, -0.2) is 47.1 Å². The number of ether oxygens (including phenoxy) is 1. The summed E-state index contributed by atoms with van der Waals surface area (Å²) >= 11 is 0. The molecule has 19 heavy (non-hydrogen) atoms. The number of carbonyl (C=O) groups is 1. The Bertz CT molecular complexity index is 463. The fraction of sp³-hybridized carbons (Fsp3) is 0.500. The number of carboxylic acids is 1. The summed E-state index contributed by atoms with van der Waals surface area (Å²) in [5, 5.41) is 15.4. The smallest absolute Gasteiger partial charge is 0.435 e. The first kappa shape index (κ1) is 13.5. The highest BCUT2D eigenvalue weighted by Crippen LogP contribution is 2.27. The van der Waals surface area contributed by atoms with Crippen molar-refractivity contribution in [2.75, 3.05) is 24.6 Å². The molecule has 0 bridgehead atoms. The van der Waals surface area contributed by atoms with E-state index in [1.807, 2.05) is 0 Å². The highest BCUT2D eigenvalue weighted by molar-refractivity contribution is 5.73. The predicted molar refractivity (Wildman–Crippen MR) is 56.6 cm³/mol. The number of nitrogens with zero attached hydrogens (tertiary/aromatic N) is 3. The van der Waals surface area contributed by atoms with Crippen LogP contribution in [0.2, 0.25) is 0 Å². The summed E-state index contributed by atoms with van der Waals surface area (Å²) in [4.78, 5) is 12.3. The number of morpholine rings is 1. The minimum absolute atomic E-state index is 0.0232. The Morgan fingerprint density at radius 2 is 2.16 bits per heavy atom. The van der Waals surface area contributed by atoms with Crippen LogP contribution in [0.3, 0.4) is 0 Å². The molecule has 2 heterocycles. The van der Waals surface area contributed by atoms with Crippen molar-refractivity contribution in [2.45, 2.75) is 12.3 Å². The zero-order chi connectivity index (χ0) is 14.0. The lowest BCUT2D eigenvalue weighted by molar-refractivity contribution is -0.150. The molecule has 0 spiro atoms. The van der Waals surface area contributed by atoms with E-state index in [0.29, 0.717) is 6.54 Å². The first-order chi connectivity index (χ1) is 8.88. The summed E-state index contributed by atoms with van der Waals surface area (Å²) in [6.45, 7) is 0.541. The Balaban J connectivity index is 2.12. The Hall–Kier alpha value is -1.90. The van der Waals surface area contributed by atoms with Gasteiger partial charge < -0.3 is 14.7 Å². The molecule has 0 radical (unpaired) electrons. The molecule has 2 rings (SSSR count). The van der Waals surface area contributed by atoms with Crippen molar-refractivity contribution in [2.24, 2.45) is 0 Å². The molecule has 6 nitrogen and oxygen atoms in total. The van der Waals surface area contributed by atoms with Gasteiger partial charge in [0.2, 0.25) is 0 Å². The predicted octanol–water partition coefficient (Wildman–Crippen LogP) is 0.785. The summed E-state index contributed by atoms with van der Waals surface area (Å²) in [7, 11) is 0. The van der Waals surface area contributed by atoms with Gasteiger partial charge in [-0.2, -0.15) is 13.2 Å². The second kappa shape index (κ2) is 5.00. The van der Waals surface area contributed by atoms with Gasteiger partial charge in [0.15, 0.2) is 17.6 Å². The molecule has 1 aromatic rings. The average molecular weight is 277 g/mol. The second-order valence-electron chi connectivity index (χ2n) is 3.92. The third kappa shape index (κ3) is 3.11. The monoisotopic (exact) mass is 277 g/mol. The van der Waals surface area contributed by atoms with Crippen LogP contribution >= 0.6 is 0 Å². The molecule has 1 N–H and O–H groups in total. The van der Waals surface area contributed by atoms with E-state index in [0.717, 1.165) is 6.07 Å². The molecular formula is C10H10F3N3O3. The third-order valence-corrected chi connectivity index (χ3v) is 2.61. The fourth-order valence-corrected chi connectivity index (χ4v) is 1.65. The molecule has 1 aliphatic heterocycles. The van der Waals surface area contributed by atoms with Gasteiger partial charge in [0, 0.05) is 6.54 Å². The fourth-order valence-electron chi connectivity index (χ4n) is 1.65. The van der Waals surface area contributed by atoms with Crippen molar-refractivity contribution < 1.29 is 27.8 Å². The maximum atomic E-state index is 12.3. The SMILES string of the molecule is O=C(O)C1CN(c2ccc(C(F)(F)F)nn2)CCO1. The molecule has 1 fully saturated rings. The number of rotatable bonds is 2. The van der Waals surface area contributed by atoms with E-state index < -0.39 is 23.9 Å². The van der Waals surface area contributed by atoms with E-state index in [-0.39, 0.29) is 19.0 Å². The molecule has 0 amide bonds. The van der Waals surface area contributed by atoms with E-state index in [1.54, 1.807) is 0 Å². The molecule has 104 valence electrons. The zero-order valence-electron chi connectivity index (χ0n) is 9.59. The maximum Gasteiger partial charge on any atom is 0.435 e. The summed E-state index contributed by atoms with van der Waals surface area (Å²) in [5.74, 6) is -0.924. The number of anilines is 1. The maximum absolute atomic E-state index is 12.3. The Morgan fingerprint density at radius 3 is 2.68 bits per heavy atom. The van der Waals surface area contributed by atoms with Gasteiger partial charge in [-0.3, -0.25) is 0 Å². The third-order valence-electron chi connectivity index (χ3n) is 2.61. The Kier molecular flexibility index (Phi) is 3.56. The molecule has 0 aromatic carbocycles. The summed E-state index contributed by atoms with van der Waals surface area (Å²) in [5.41, 5.74) is -1.08. The van der Waals surface area contributed by atoms with Gasteiger partial charge in [0.05, 0.1) is 13.2 Å².